The molecule has 1 aromatic rings. The zero-order valence-corrected chi connectivity index (χ0v) is 8.20. The van der Waals surface area contributed by atoms with E-state index in [-0.39, 0.29) is 18.1 Å². The standard InChI is InChI=1S/C10H13NO3/c1-6-3-7(12)4-9(14-2)10(6)8(13)5-11/h3-4,12H,5,11H2,1-2H3. The van der Waals surface area contributed by atoms with Gasteiger partial charge in [0.2, 0.25) is 0 Å². The second kappa shape index (κ2) is 4.11. The maximum atomic E-state index is 11.4. The summed E-state index contributed by atoms with van der Waals surface area (Å²) in [5.74, 6) is 0.241. The summed E-state index contributed by atoms with van der Waals surface area (Å²) < 4.78 is 4.99. The van der Waals surface area contributed by atoms with E-state index in [0.717, 1.165) is 0 Å². The number of rotatable bonds is 3. The van der Waals surface area contributed by atoms with Crippen molar-refractivity contribution in [3.05, 3.63) is 23.3 Å². The topological polar surface area (TPSA) is 72.5 Å². The SMILES string of the molecule is COc1cc(O)cc(C)c1C(=O)CN. The molecule has 0 bridgehead atoms. The van der Waals surface area contributed by atoms with E-state index < -0.39 is 0 Å². The molecule has 0 aliphatic rings. The van der Waals surface area contributed by atoms with Crippen molar-refractivity contribution in [2.45, 2.75) is 6.92 Å². The molecule has 0 unspecified atom stereocenters. The highest BCUT2D eigenvalue weighted by atomic mass is 16.5. The highest BCUT2D eigenvalue weighted by Gasteiger charge is 2.14. The molecule has 0 radical (unpaired) electrons. The van der Waals surface area contributed by atoms with E-state index in [1.165, 1.54) is 19.2 Å². The van der Waals surface area contributed by atoms with Gasteiger partial charge in [0.1, 0.15) is 11.5 Å². The number of methoxy groups -OCH3 is 1. The number of phenolic OH excluding ortho intramolecular Hbond substituents is 1. The summed E-state index contributed by atoms with van der Waals surface area (Å²) in [6, 6.07) is 2.90. The number of Topliss-reactive ketones (excluding diaryl/α,β-unsaturated/α-hetero) is 1. The Balaban J connectivity index is 3.32. The molecule has 14 heavy (non-hydrogen) atoms. The monoisotopic (exact) mass is 195 g/mol. The van der Waals surface area contributed by atoms with Crippen molar-refractivity contribution in [2.75, 3.05) is 13.7 Å². The second-order valence-electron chi connectivity index (χ2n) is 2.97. The Kier molecular flexibility index (Phi) is 3.09. The number of benzene rings is 1. The minimum absolute atomic E-state index is 0.0675. The molecule has 4 nitrogen and oxygen atoms in total. The molecular weight excluding hydrogens is 182 g/mol. The third kappa shape index (κ3) is 1.85. The highest BCUT2D eigenvalue weighted by molar-refractivity contribution is 6.01. The van der Waals surface area contributed by atoms with Crippen LogP contribution in [0.5, 0.6) is 11.5 Å². The van der Waals surface area contributed by atoms with Gasteiger partial charge in [-0.15, -0.1) is 0 Å². The van der Waals surface area contributed by atoms with Crippen LogP contribution < -0.4 is 10.5 Å². The number of carbonyl (C=O) groups excluding carboxylic acids is 1. The van der Waals surface area contributed by atoms with Crippen LogP contribution in [0, 0.1) is 6.92 Å². The number of aromatic hydroxyl groups is 1. The van der Waals surface area contributed by atoms with Crippen LogP contribution in [0.25, 0.3) is 0 Å². The number of phenols is 1. The van der Waals surface area contributed by atoms with Crippen LogP contribution in [0.4, 0.5) is 0 Å². The van der Waals surface area contributed by atoms with Gasteiger partial charge in [0.25, 0.3) is 0 Å². The minimum atomic E-state index is -0.195. The van der Waals surface area contributed by atoms with Crippen LogP contribution in [-0.4, -0.2) is 24.5 Å². The van der Waals surface area contributed by atoms with Gasteiger partial charge in [0, 0.05) is 6.07 Å². The lowest BCUT2D eigenvalue weighted by Crippen LogP contribution is -2.15. The molecule has 0 spiro atoms. The molecule has 1 aromatic carbocycles. The van der Waals surface area contributed by atoms with Gasteiger partial charge in [-0.2, -0.15) is 0 Å². The average molecular weight is 195 g/mol. The molecule has 0 aliphatic heterocycles. The lowest BCUT2D eigenvalue weighted by atomic mass is 10.0. The van der Waals surface area contributed by atoms with Gasteiger partial charge in [0.15, 0.2) is 5.78 Å². The lowest BCUT2D eigenvalue weighted by molar-refractivity contribution is 0.0998. The molecule has 0 atom stereocenters. The summed E-state index contributed by atoms with van der Waals surface area (Å²) in [7, 11) is 1.45. The zero-order chi connectivity index (χ0) is 10.7. The zero-order valence-electron chi connectivity index (χ0n) is 8.20. The second-order valence-corrected chi connectivity index (χ2v) is 2.97. The molecular formula is C10H13NO3. The average Bonchev–Trinajstić information content (AvgIpc) is 2.15. The van der Waals surface area contributed by atoms with Gasteiger partial charge in [-0.25, -0.2) is 0 Å². The Morgan fingerprint density at radius 2 is 2.21 bits per heavy atom. The van der Waals surface area contributed by atoms with E-state index >= 15 is 0 Å². The number of hydrogen-bond acceptors (Lipinski definition) is 4. The van der Waals surface area contributed by atoms with Crippen LogP contribution >= 0.6 is 0 Å². The Morgan fingerprint density at radius 3 is 2.71 bits per heavy atom. The summed E-state index contributed by atoms with van der Waals surface area (Å²) >= 11 is 0. The van der Waals surface area contributed by atoms with Crippen molar-refractivity contribution in [1.82, 2.24) is 0 Å². The predicted molar refractivity (Wildman–Crippen MR) is 52.8 cm³/mol. The van der Waals surface area contributed by atoms with Crippen molar-refractivity contribution in [2.24, 2.45) is 5.73 Å². The van der Waals surface area contributed by atoms with E-state index in [0.29, 0.717) is 16.9 Å². The fraction of sp³-hybridized carbons (Fsp3) is 0.300. The summed E-state index contributed by atoms with van der Waals surface area (Å²) in [5, 5.41) is 9.28. The molecule has 4 heteroatoms. The molecule has 0 saturated carbocycles. The highest BCUT2D eigenvalue weighted by Crippen LogP contribution is 2.27. The van der Waals surface area contributed by atoms with E-state index in [1.54, 1.807) is 6.92 Å². The van der Waals surface area contributed by atoms with Crippen molar-refractivity contribution < 1.29 is 14.6 Å². The summed E-state index contributed by atoms with van der Waals surface area (Å²) in [4.78, 5) is 11.4. The first kappa shape index (κ1) is 10.5. The number of ether oxygens (including phenoxy) is 1. The predicted octanol–water partition coefficient (Wildman–Crippen LogP) is 0.851. The molecule has 76 valence electrons. The molecule has 1 rings (SSSR count). The van der Waals surface area contributed by atoms with Crippen molar-refractivity contribution in [1.29, 1.82) is 0 Å². The molecule has 0 amide bonds. The van der Waals surface area contributed by atoms with Crippen LogP contribution in [0.15, 0.2) is 12.1 Å². The summed E-state index contributed by atoms with van der Waals surface area (Å²) in [6.45, 7) is 1.66. The third-order valence-corrected chi connectivity index (χ3v) is 1.97. The van der Waals surface area contributed by atoms with Crippen LogP contribution in [0.3, 0.4) is 0 Å². The van der Waals surface area contributed by atoms with Crippen molar-refractivity contribution >= 4 is 5.78 Å². The van der Waals surface area contributed by atoms with Crippen LogP contribution in [-0.2, 0) is 0 Å². The molecule has 0 fully saturated rings. The Hall–Kier alpha value is -1.55. The molecule has 3 N–H and O–H groups in total. The molecule has 0 aromatic heterocycles. The molecule has 0 aliphatic carbocycles. The number of aryl methyl sites for hydroxylation is 1. The quantitative estimate of drug-likeness (QED) is 0.701. The third-order valence-electron chi connectivity index (χ3n) is 1.97. The van der Waals surface area contributed by atoms with E-state index in [1.807, 2.05) is 0 Å². The van der Waals surface area contributed by atoms with Gasteiger partial charge >= 0.3 is 0 Å². The first-order valence-corrected chi connectivity index (χ1v) is 4.21. The summed E-state index contributed by atoms with van der Waals surface area (Å²) in [6.07, 6.45) is 0. The molecule has 0 saturated heterocycles. The minimum Gasteiger partial charge on any atom is -0.508 e. The van der Waals surface area contributed by atoms with Gasteiger partial charge in [0.05, 0.1) is 19.2 Å². The van der Waals surface area contributed by atoms with Crippen LogP contribution in [0.1, 0.15) is 15.9 Å². The van der Waals surface area contributed by atoms with Crippen LogP contribution in [0.2, 0.25) is 0 Å². The van der Waals surface area contributed by atoms with E-state index in [2.05, 4.69) is 0 Å². The largest absolute Gasteiger partial charge is 0.508 e. The number of ketones is 1. The Morgan fingerprint density at radius 1 is 1.57 bits per heavy atom. The van der Waals surface area contributed by atoms with Gasteiger partial charge in [-0.05, 0) is 18.6 Å². The van der Waals surface area contributed by atoms with Crippen molar-refractivity contribution in [3.63, 3.8) is 0 Å². The normalized spacial score (nSPS) is 9.93. The fourth-order valence-corrected chi connectivity index (χ4v) is 1.36. The first-order chi connectivity index (χ1) is 6.60. The van der Waals surface area contributed by atoms with E-state index in [9.17, 15) is 9.90 Å². The lowest BCUT2D eigenvalue weighted by Gasteiger charge is -2.10. The smallest absolute Gasteiger partial charge is 0.180 e. The Bertz CT molecular complexity index is 361. The van der Waals surface area contributed by atoms with Gasteiger partial charge < -0.3 is 15.6 Å². The van der Waals surface area contributed by atoms with Gasteiger partial charge in [-0.1, -0.05) is 0 Å². The van der Waals surface area contributed by atoms with Crippen molar-refractivity contribution in [3.8, 4) is 11.5 Å². The van der Waals surface area contributed by atoms with E-state index in [4.69, 9.17) is 10.5 Å². The molecule has 0 heterocycles. The first-order valence-electron chi connectivity index (χ1n) is 4.21. The maximum absolute atomic E-state index is 11.4. The fourth-order valence-electron chi connectivity index (χ4n) is 1.36. The number of carbonyl (C=O) groups is 1. The van der Waals surface area contributed by atoms with Gasteiger partial charge in [-0.3, -0.25) is 4.79 Å². The Labute approximate surface area is 82.3 Å². The summed E-state index contributed by atoms with van der Waals surface area (Å²) in [5.41, 5.74) is 6.37. The number of hydrogen-bond donors (Lipinski definition) is 2. The number of nitrogens with two attached hydrogens (primary N) is 1. The maximum Gasteiger partial charge on any atom is 0.180 e.